The van der Waals surface area contributed by atoms with E-state index in [0.717, 1.165) is 10.5 Å². The van der Waals surface area contributed by atoms with Crippen molar-refractivity contribution < 1.29 is 0 Å². The second kappa shape index (κ2) is 6.26. The second-order valence-electron chi connectivity index (χ2n) is 3.98. The SMILES string of the molecule is CCCC(NN)C1CSC(C)C(C)S1. The molecule has 4 atom stereocenters. The smallest absolute Gasteiger partial charge is 0.0337 e. The molecule has 1 heterocycles. The molecule has 1 saturated heterocycles. The van der Waals surface area contributed by atoms with Crippen LogP contribution >= 0.6 is 23.5 Å². The first kappa shape index (κ1) is 12.7. The van der Waals surface area contributed by atoms with E-state index in [9.17, 15) is 0 Å². The first-order valence-electron chi connectivity index (χ1n) is 5.42. The minimum atomic E-state index is 0.493. The summed E-state index contributed by atoms with van der Waals surface area (Å²) in [6, 6.07) is 0.493. The van der Waals surface area contributed by atoms with Gasteiger partial charge in [-0.15, -0.1) is 0 Å². The predicted molar refractivity (Wildman–Crippen MR) is 68.8 cm³/mol. The van der Waals surface area contributed by atoms with E-state index < -0.39 is 0 Å². The Kier molecular flexibility index (Phi) is 5.67. The Morgan fingerprint density at radius 1 is 1.43 bits per heavy atom. The maximum absolute atomic E-state index is 5.60. The van der Waals surface area contributed by atoms with Crippen molar-refractivity contribution >= 4 is 23.5 Å². The predicted octanol–water partition coefficient (Wildman–Crippen LogP) is 2.24. The minimum absolute atomic E-state index is 0.493. The minimum Gasteiger partial charge on any atom is -0.271 e. The molecule has 0 aromatic carbocycles. The lowest BCUT2D eigenvalue weighted by molar-refractivity contribution is 0.485. The highest BCUT2D eigenvalue weighted by molar-refractivity contribution is 8.07. The highest BCUT2D eigenvalue weighted by Gasteiger charge is 2.30. The van der Waals surface area contributed by atoms with Crippen LogP contribution in [0, 0.1) is 0 Å². The molecule has 3 N–H and O–H groups in total. The summed E-state index contributed by atoms with van der Waals surface area (Å²) in [4.78, 5) is 0. The maximum Gasteiger partial charge on any atom is 0.0337 e. The molecule has 2 nitrogen and oxygen atoms in total. The molecule has 0 aromatic rings. The van der Waals surface area contributed by atoms with Crippen LogP contribution in [0.3, 0.4) is 0 Å². The first-order chi connectivity index (χ1) is 6.69. The van der Waals surface area contributed by atoms with Crippen molar-refractivity contribution in [3.8, 4) is 0 Å². The molecule has 0 amide bonds. The van der Waals surface area contributed by atoms with E-state index in [1.807, 2.05) is 0 Å². The lowest BCUT2D eigenvalue weighted by Gasteiger charge is -2.35. The maximum atomic E-state index is 5.60. The summed E-state index contributed by atoms with van der Waals surface area (Å²) < 4.78 is 0. The van der Waals surface area contributed by atoms with Gasteiger partial charge in [-0.2, -0.15) is 23.5 Å². The third-order valence-corrected chi connectivity index (χ3v) is 6.39. The third-order valence-electron chi connectivity index (χ3n) is 2.84. The summed E-state index contributed by atoms with van der Waals surface area (Å²) >= 11 is 4.19. The summed E-state index contributed by atoms with van der Waals surface area (Å²) in [5.74, 6) is 6.84. The number of nitrogens with one attached hydrogen (secondary N) is 1. The molecule has 0 spiro atoms. The van der Waals surface area contributed by atoms with Crippen molar-refractivity contribution in [1.82, 2.24) is 5.43 Å². The Hall–Kier alpha value is 0.620. The van der Waals surface area contributed by atoms with Gasteiger partial charge < -0.3 is 0 Å². The van der Waals surface area contributed by atoms with E-state index in [-0.39, 0.29) is 0 Å². The molecule has 14 heavy (non-hydrogen) atoms. The van der Waals surface area contributed by atoms with Crippen LogP contribution in [0.2, 0.25) is 0 Å². The van der Waals surface area contributed by atoms with E-state index in [0.29, 0.717) is 11.3 Å². The number of hydrazine groups is 1. The normalized spacial score (nSPS) is 35.6. The van der Waals surface area contributed by atoms with Crippen molar-refractivity contribution in [1.29, 1.82) is 0 Å². The van der Waals surface area contributed by atoms with Crippen molar-refractivity contribution in [2.24, 2.45) is 5.84 Å². The van der Waals surface area contributed by atoms with Gasteiger partial charge in [-0.25, -0.2) is 0 Å². The lowest BCUT2D eigenvalue weighted by Crippen LogP contribution is -2.46. The van der Waals surface area contributed by atoms with Gasteiger partial charge in [0, 0.05) is 27.5 Å². The van der Waals surface area contributed by atoms with Crippen molar-refractivity contribution in [3.63, 3.8) is 0 Å². The van der Waals surface area contributed by atoms with Gasteiger partial charge in [0.2, 0.25) is 0 Å². The van der Waals surface area contributed by atoms with Crippen molar-refractivity contribution in [2.75, 3.05) is 5.75 Å². The number of hydrogen-bond donors (Lipinski definition) is 2. The molecule has 0 aliphatic carbocycles. The zero-order valence-electron chi connectivity index (χ0n) is 9.32. The van der Waals surface area contributed by atoms with Gasteiger partial charge in [-0.05, 0) is 6.42 Å². The average Bonchev–Trinajstić information content (AvgIpc) is 2.19. The Morgan fingerprint density at radius 3 is 2.64 bits per heavy atom. The molecule has 4 heteroatoms. The highest BCUT2D eigenvalue weighted by atomic mass is 32.2. The standard InChI is InChI=1S/C10H22N2S2/c1-4-5-9(12-11)10-6-13-7(2)8(3)14-10/h7-10,12H,4-6,11H2,1-3H3. The van der Waals surface area contributed by atoms with Crippen LogP contribution in [0.25, 0.3) is 0 Å². The number of thioether (sulfide) groups is 2. The molecular formula is C10H22N2S2. The summed E-state index contributed by atoms with van der Waals surface area (Å²) in [6.07, 6.45) is 2.40. The molecule has 0 saturated carbocycles. The van der Waals surface area contributed by atoms with Crippen LogP contribution in [-0.2, 0) is 0 Å². The van der Waals surface area contributed by atoms with Gasteiger partial charge in [0.1, 0.15) is 0 Å². The Labute approximate surface area is 96.1 Å². The molecule has 4 unspecified atom stereocenters. The van der Waals surface area contributed by atoms with E-state index >= 15 is 0 Å². The van der Waals surface area contributed by atoms with Gasteiger partial charge >= 0.3 is 0 Å². The Bertz CT molecular complexity index is 166. The fraction of sp³-hybridized carbons (Fsp3) is 1.00. The summed E-state index contributed by atoms with van der Waals surface area (Å²) in [6.45, 7) is 6.87. The number of nitrogens with two attached hydrogens (primary N) is 1. The van der Waals surface area contributed by atoms with Gasteiger partial charge in [-0.3, -0.25) is 11.3 Å². The molecule has 1 aliphatic heterocycles. The molecule has 1 aliphatic rings. The van der Waals surface area contributed by atoms with E-state index in [4.69, 9.17) is 5.84 Å². The fourth-order valence-corrected chi connectivity index (χ4v) is 4.86. The molecular weight excluding hydrogens is 212 g/mol. The van der Waals surface area contributed by atoms with Crippen LogP contribution in [-0.4, -0.2) is 27.5 Å². The van der Waals surface area contributed by atoms with Gasteiger partial charge in [0.05, 0.1) is 0 Å². The zero-order chi connectivity index (χ0) is 10.6. The van der Waals surface area contributed by atoms with Crippen molar-refractivity contribution in [2.45, 2.75) is 55.4 Å². The van der Waals surface area contributed by atoms with Crippen LogP contribution in [0.1, 0.15) is 33.6 Å². The van der Waals surface area contributed by atoms with Gasteiger partial charge in [0.25, 0.3) is 0 Å². The number of rotatable bonds is 4. The van der Waals surface area contributed by atoms with E-state index in [1.54, 1.807) is 0 Å². The molecule has 0 aromatic heterocycles. The largest absolute Gasteiger partial charge is 0.271 e. The Morgan fingerprint density at radius 2 is 2.14 bits per heavy atom. The summed E-state index contributed by atoms with van der Waals surface area (Å²) in [7, 11) is 0. The fourth-order valence-electron chi connectivity index (χ4n) is 1.71. The first-order valence-corrected chi connectivity index (χ1v) is 7.41. The third kappa shape index (κ3) is 3.33. The molecule has 1 fully saturated rings. The van der Waals surface area contributed by atoms with Crippen molar-refractivity contribution in [3.05, 3.63) is 0 Å². The molecule has 1 rings (SSSR count). The van der Waals surface area contributed by atoms with E-state index in [1.165, 1.54) is 18.6 Å². The van der Waals surface area contributed by atoms with Crippen LogP contribution in [0.5, 0.6) is 0 Å². The molecule has 0 radical (unpaired) electrons. The van der Waals surface area contributed by atoms with Gasteiger partial charge in [0.15, 0.2) is 0 Å². The lowest BCUT2D eigenvalue weighted by atomic mass is 10.1. The number of hydrogen-bond acceptors (Lipinski definition) is 4. The van der Waals surface area contributed by atoms with Gasteiger partial charge in [-0.1, -0.05) is 27.2 Å². The topological polar surface area (TPSA) is 38.0 Å². The quantitative estimate of drug-likeness (QED) is 0.578. The zero-order valence-corrected chi connectivity index (χ0v) is 11.0. The summed E-state index contributed by atoms with van der Waals surface area (Å²) in [5, 5.41) is 2.24. The van der Waals surface area contributed by atoms with Crippen LogP contribution in [0.15, 0.2) is 0 Å². The van der Waals surface area contributed by atoms with E-state index in [2.05, 4.69) is 49.7 Å². The van der Waals surface area contributed by atoms with Crippen LogP contribution in [0.4, 0.5) is 0 Å². The monoisotopic (exact) mass is 234 g/mol. The second-order valence-corrected chi connectivity index (χ2v) is 7.01. The average molecular weight is 234 g/mol. The van der Waals surface area contributed by atoms with Crippen LogP contribution < -0.4 is 11.3 Å². The Balaban J connectivity index is 2.43. The summed E-state index contributed by atoms with van der Waals surface area (Å²) in [5.41, 5.74) is 2.97. The highest BCUT2D eigenvalue weighted by Crippen LogP contribution is 2.37. The molecule has 0 bridgehead atoms. The molecule has 84 valence electrons.